The van der Waals surface area contributed by atoms with Crippen molar-refractivity contribution in [3.63, 3.8) is 0 Å². The number of hydrogen-bond acceptors (Lipinski definition) is 2. The molecule has 0 bridgehead atoms. The molecule has 1 saturated carbocycles. The van der Waals surface area contributed by atoms with Gasteiger partial charge in [-0.15, -0.1) is 0 Å². The first-order valence-electron chi connectivity index (χ1n) is 4.80. The molecule has 0 amide bonds. The molecule has 1 fully saturated rings. The van der Waals surface area contributed by atoms with Gasteiger partial charge in [0.2, 0.25) is 0 Å². The number of hydrogen-bond donors (Lipinski definition) is 1. The van der Waals surface area contributed by atoms with Crippen LogP contribution in [0.5, 0.6) is 0 Å². The second kappa shape index (κ2) is 3.09. The lowest BCUT2D eigenvalue weighted by Gasteiger charge is -2.18. The van der Waals surface area contributed by atoms with Gasteiger partial charge < -0.3 is 9.84 Å². The second-order valence-corrected chi connectivity index (χ2v) is 3.89. The molecule has 0 saturated heterocycles. The minimum Gasteiger partial charge on any atom is -0.495 e. The molecule has 0 radical (unpaired) electrons. The summed E-state index contributed by atoms with van der Waals surface area (Å²) in [5.41, 5.74) is 0. The van der Waals surface area contributed by atoms with E-state index in [1.54, 1.807) is 0 Å². The van der Waals surface area contributed by atoms with Crippen LogP contribution in [-0.4, -0.2) is 17.8 Å². The Balaban J connectivity index is 1.93. The first kappa shape index (κ1) is 8.11. The van der Waals surface area contributed by atoms with Gasteiger partial charge in [0, 0.05) is 6.42 Å². The van der Waals surface area contributed by atoms with Gasteiger partial charge in [-0.3, -0.25) is 0 Å². The number of aliphatic hydroxyl groups excluding tert-OH is 1. The molecule has 68 valence electrons. The van der Waals surface area contributed by atoms with E-state index in [9.17, 15) is 5.11 Å². The van der Waals surface area contributed by atoms with Gasteiger partial charge >= 0.3 is 0 Å². The summed E-state index contributed by atoms with van der Waals surface area (Å²) in [6, 6.07) is 0. The zero-order chi connectivity index (χ0) is 8.55. The summed E-state index contributed by atoms with van der Waals surface area (Å²) in [5, 5.41) is 9.83. The lowest BCUT2D eigenvalue weighted by molar-refractivity contribution is 0.0725. The summed E-state index contributed by atoms with van der Waals surface area (Å²) < 4.78 is 5.32. The maximum Gasteiger partial charge on any atom is 0.121 e. The third-order valence-electron chi connectivity index (χ3n) is 2.89. The van der Waals surface area contributed by atoms with Crippen molar-refractivity contribution in [2.24, 2.45) is 11.8 Å². The largest absolute Gasteiger partial charge is 0.495 e. The van der Waals surface area contributed by atoms with E-state index in [2.05, 4.69) is 6.92 Å². The SMILES string of the molecule is CC(C1CC1)C(O)C1=CCCO1. The van der Waals surface area contributed by atoms with Gasteiger partial charge in [-0.2, -0.15) is 0 Å². The Bertz CT molecular complexity index is 194. The third kappa shape index (κ3) is 1.48. The van der Waals surface area contributed by atoms with Gasteiger partial charge in [-0.25, -0.2) is 0 Å². The molecule has 2 rings (SSSR count). The van der Waals surface area contributed by atoms with Crippen molar-refractivity contribution in [3.8, 4) is 0 Å². The molecule has 1 aliphatic heterocycles. The first-order valence-corrected chi connectivity index (χ1v) is 4.80. The maximum atomic E-state index is 9.83. The Morgan fingerprint density at radius 1 is 1.58 bits per heavy atom. The van der Waals surface area contributed by atoms with Gasteiger partial charge in [0.15, 0.2) is 0 Å². The molecule has 0 aromatic heterocycles. The number of aliphatic hydroxyl groups is 1. The van der Waals surface area contributed by atoms with E-state index in [-0.39, 0.29) is 6.10 Å². The molecule has 2 heteroatoms. The van der Waals surface area contributed by atoms with Gasteiger partial charge in [0.1, 0.15) is 11.9 Å². The lowest BCUT2D eigenvalue weighted by Crippen LogP contribution is -2.22. The van der Waals surface area contributed by atoms with E-state index in [4.69, 9.17) is 4.74 Å². The molecular formula is C10H16O2. The molecule has 0 spiro atoms. The highest BCUT2D eigenvalue weighted by Gasteiger charge is 2.35. The van der Waals surface area contributed by atoms with Crippen molar-refractivity contribution in [2.45, 2.75) is 32.3 Å². The Morgan fingerprint density at radius 3 is 2.83 bits per heavy atom. The predicted octanol–water partition coefficient (Wildman–Crippen LogP) is 1.70. The average molecular weight is 168 g/mol. The molecule has 0 aromatic carbocycles. The van der Waals surface area contributed by atoms with Crippen LogP contribution in [-0.2, 0) is 4.74 Å². The van der Waals surface area contributed by atoms with Gasteiger partial charge in [0.25, 0.3) is 0 Å². The fraction of sp³-hybridized carbons (Fsp3) is 0.800. The van der Waals surface area contributed by atoms with Crippen molar-refractivity contribution in [1.29, 1.82) is 0 Å². The standard InChI is InChI=1S/C10H16O2/c1-7(8-4-5-8)10(11)9-3-2-6-12-9/h3,7-8,10-11H,2,4-6H2,1H3. The zero-order valence-corrected chi connectivity index (χ0v) is 7.49. The first-order chi connectivity index (χ1) is 5.79. The number of ether oxygens (including phenoxy) is 1. The summed E-state index contributed by atoms with van der Waals surface area (Å²) >= 11 is 0. The van der Waals surface area contributed by atoms with Crippen molar-refractivity contribution >= 4 is 0 Å². The zero-order valence-electron chi connectivity index (χ0n) is 7.49. The molecule has 0 aromatic rings. The van der Waals surface area contributed by atoms with E-state index >= 15 is 0 Å². The molecule has 2 unspecified atom stereocenters. The van der Waals surface area contributed by atoms with E-state index in [1.165, 1.54) is 12.8 Å². The van der Waals surface area contributed by atoms with E-state index in [0.717, 1.165) is 24.7 Å². The minimum absolute atomic E-state index is 0.347. The smallest absolute Gasteiger partial charge is 0.121 e. The summed E-state index contributed by atoms with van der Waals surface area (Å²) in [4.78, 5) is 0. The van der Waals surface area contributed by atoms with Crippen molar-refractivity contribution in [3.05, 3.63) is 11.8 Å². The minimum atomic E-state index is -0.347. The fourth-order valence-electron chi connectivity index (χ4n) is 1.78. The predicted molar refractivity (Wildman–Crippen MR) is 46.5 cm³/mol. The van der Waals surface area contributed by atoms with E-state index in [0.29, 0.717) is 5.92 Å². The van der Waals surface area contributed by atoms with Crippen LogP contribution < -0.4 is 0 Å². The molecule has 1 aliphatic carbocycles. The monoisotopic (exact) mass is 168 g/mol. The van der Waals surface area contributed by atoms with Crippen LogP contribution in [0.25, 0.3) is 0 Å². The Hall–Kier alpha value is -0.500. The molecule has 1 heterocycles. The van der Waals surface area contributed by atoms with Gasteiger partial charge in [-0.1, -0.05) is 6.92 Å². The highest BCUT2D eigenvalue weighted by Crippen LogP contribution is 2.40. The molecule has 2 aliphatic rings. The normalized spacial score (nSPS) is 27.7. The summed E-state index contributed by atoms with van der Waals surface area (Å²) in [7, 11) is 0. The summed E-state index contributed by atoms with van der Waals surface area (Å²) in [6.07, 6.45) is 5.20. The van der Waals surface area contributed by atoms with Crippen LogP contribution in [0.4, 0.5) is 0 Å². The Morgan fingerprint density at radius 2 is 2.33 bits per heavy atom. The number of rotatable bonds is 3. The summed E-state index contributed by atoms with van der Waals surface area (Å²) in [6.45, 7) is 2.87. The molecular weight excluding hydrogens is 152 g/mol. The molecule has 2 nitrogen and oxygen atoms in total. The molecule has 2 atom stereocenters. The summed E-state index contributed by atoms with van der Waals surface area (Å²) in [5.74, 6) is 1.94. The van der Waals surface area contributed by atoms with Gasteiger partial charge in [0.05, 0.1) is 6.61 Å². The average Bonchev–Trinajstić information content (AvgIpc) is 2.79. The molecule has 1 N–H and O–H groups in total. The van der Waals surface area contributed by atoms with Crippen molar-refractivity contribution in [1.82, 2.24) is 0 Å². The van der Waals surface area contributed by atoms with Crippen LogP contribution >= 0.6 is 0 Å². The third-order valence-corrected chi connectivity index (χ3v) is 2.89. The van der Waals surface area contributed by atoms with Crippen molar-refractivity contribution in [2.75, 3.05) is 6.61 Å². The van der Waals surface area contributed by atoms with Crippen LogP contribution in [0.15, 0.2) is 11.8 Å². The van der Waals surface area contributed by atoms with Crippen LogP contribution in [0.2, 0.25) is 0 Å². The lowest BCUT2D eigenvalue weighted by atomic mass is 9.98. The highest BCUT2D eigenvalue weighted by molar-refractivity contribution is 5.06. The maximum absolute atomic E-state index is 9.83. The quantitative estimate of drug-likeness (QED) is 0.695. The Labute approximate surface area is 73.2 Å². The van der Waals surface area contributed by atoms with E-state index < -0.39 is 0 Å². The van der Waals surface area contributed by atoms with Crippen LogP contribution in [0.3, 0.4) is 0 Å². The topological polar surface area (TPSA) is 29.5 Å². The fourth-order valence-corrected chi connectivity index (χ4v) is 1.78. The van der Waals surface area contributed by atoms with Crippen LogP contribution in [0.1, 0.15) is 26.2 Å². The second-order valence-electron chi connectivity index (χ2n) is 3.89. The highest BCUT2D eigenvalue weighted by atomic mass is 16.5. The van der Waals surface area contributed by atoms with Crippen molar-refractivity contribution < 1.29 is 9.84 Å². The Kier molecular flexibility index (Phi) is 2.09. The van der Waals surface area contributed by atoms with Gasteiger partial charge in [-0.05, 0) is 30.8 Å². The molecule has 12 heavy (non-hydrogen) atoms. The van der Waals surface area contributed by atoms with Crippen LogP contribution in [0, 0.1) is 11.8 Å². The van der Waals surface area contributed by atoms with E-state index in [1.807, 2.05) is 6.08 Å².